The summed E-state index contributed by atoms with van der Waals surface area (Å²) in [4.78, 5) is 1.68. The van der Waals surface area contributed by atoms with E-state index in [9.17, 15) is 10.2 Å². The average Bonchev–Trinajstić information content (AvgIpc) is 2.87. The third-order valence-corrected chi connectivity index (χ3v) is 5.24. The van der Waals surface area contributed by atoms with Crippen LogP contribution >= 0.6 is 0 Å². The van der Waals surface area contributed by atoms with Crippen LogP contribution in [0.3, 0.4) is 0 Å². The summed E-state index contributed by atoms with van der Waals surface area (Å²) >= 11 is 0. The second-order valence-electron chi connectivity index (χ2n) is 8.03. The monoisotopic (exact) mass is 327 g/mol. The van der Waals surface area contributed by atoms with Crippen LogP contribution in [0.15, 0.2) is 12.0 Å². The van der Waals surface area contributed by atoms with Gasteiger partial charge in [0.05, 0.1) is 6.61 Å². The first-order valence-electron chi connectivity index (χ1n) is 8.80. The van der Waals surface area contributed by atoms with Gasteiger partial charge in [0.1, 0.15) is 11.9 Å². The van der Waals surface area contributed by atoms with Crippen molar-refractivity contribution < 1.29 is 19.7 Å². The zero-order chi connectivity index (χ0) is 17.3. The predicted octanol–water partition coefficient (Wildman–Crippen LogP) is 3.39. The first-order valence-corrected chi connectivity index (χ1v) is 8.80. The molecule has 0 radical (unpaired) electrons. The molecule has 2 fully saturated rings. The molecule has 5 heteroatoms. The maximum Gasteiger partial charge on any atom is 0.169 e. The highest BCUT2D eigenvalue weighted by Gasteiger charge is 2.48. The minimum Gasteiger partial charge on any atom is -0.511 e. The Morgan fingerprint density at radius 2 is 1.96 bits per heavy atom. The molecule has 1 saturated heterocycles. The van der Waals surface area contributed by atoms with Crippen molar-refractivity contribution in [3.05, 3.63) is 12.0 Å². The number of ether oxygens (including phenoxy) is 2. The Morgan fingerprint density at radius 1 is 1.35 bits per heavy atom. The Labute approximate surface area is 140 Å². The normalized spacial score (nSPS) is 33.9. The number of allylic oxidation sites excluding steroid dienone is 1. The number of aliphatic hydroxyl groups is 2. The van der Waals surface area contributed by atoms with Crippen LogP contribution in [0.2, 0.25) is 0 Å². The smallest absolute Gasteiger partial charge is 0.169 e. The van der Waals surface area contributed by atoms with E-state index < -0.39 is 12.0 Å². The van der Waals surface area contributed by atoms with Crippen LogP contribution < -0.4 is 0 Å². The fraction of sp³-hybridized carbons (Fsp3) is 0.889. The first kappa shape index (κ1) is 18.6. The van der Waals surface area contributed by atoms with Gasteiger partial charge in [0, 0.05) is 25.6 Å². The van der Waals surface area contributed by atoms with E-state index in [1.165, 1.54) is 0 Å². The zero-order valence-electron chi connectivity index (χ0n) is 15.2. The van der Waals surface area contributed by atoms with Crippen molar-refractivity contribution >= 4 is 0 Å². The third kappa shape index (κ3) is 4.40. The second kappa shape index (κ2) is 6.99. The van der Waals surface area contributed by atoms with E-state index in [-0.39, 0.29) is 11.9 Å². The predicted molar refractivity (Wildman–Crippen MR) is 89.7 cm³/mol. The van der Waals surface area contributed by atoms with Crippen LogP contribution in [0.25, 0.3) is 0 Å². The maximum atomic E-state index is 10.5. The van der Waals surface area contributed by atoms with Crippen molar-refractivity contribution in [1.82, 2.24) is 4.90 Å². The lowest BCUT2D eigenvalue weighted by molar-refractivity contribution is -0.211. The first-order chi connectivity index (χ1) is 10.7. The van der Waals surface area contributed by atoms with Gasteiger partial charge in [0.2, 0.25) is 0 Å². The Kier molecular flexibility index (Phi) is 5.64. The fourth-order valence-electron chi connectivity index (χ4n) is 3.72. The van der Waals surface area contributed by atoms with Gasteiger partial charge in [-0.05, 0) is 38.0 Å². The van der Waals surface area contributed by atoms with E-state index in [1.54, 1.807) is 18.0 Å². The minimum absolute atomic E-state index is 0.171. The number of hydrogen-bond acceptors (Lipinski definition) is 5. The Balaban J connectivity index is 1.95. The van der Waals surface area contributed by atoms with Crippen molar-refractivity contribution in [2.45, 2.75) is 78.4 Å². The van der Waals surface area contributed by atoms with Crippen molar-refractivity contribution in [3.8, 4) is 0 Å². The molecule has 0 amide bonds. The molecule has 1 heterocycles. The van der Waals surface area contributed by atoms with E-state index in [4.69, 9.17) is 9.47 Å². The highest BCUT2D eigenvalue weighted by Crippen LogP contribution is 2.46. The molecule has 2 N–H and O–H groups in total. The molecular weight excluding hydrogens is 294 g/mol. The molecule has 0 aromatic carbocycles. The summed E-state index contributed by atoms with van der Waals surface area (Å²) in [7, 11) is 0. The molecule has 1 saturated carbocycles. The molecule has 1 spiro atoms. The van der Waals surface area contributed by atoms with Gasteiger partial charge in [0.15, 0.2) is 12.0 Å². The highest BCUT2D eigenvalue weighted by atomic mass is 16.7. The largest absolute Gasteiger partial charge is 0.511 e. The Hall–Kier alpha value is -0.780. The summed E-state index contributed by atoms with van der Waals surface area (Å²) in [5.41, 5.74) is 0.321. The van der Waals surface area contributed by atoms with Crippen molar-refractivity contribution in [2.24, 2.45) is 11.3 Å². The van der Waals surface area contributed by atoms with E-state index in [0.29, 0.717) is 24.5 Å². The van der Waals surface area contributed by atoms with Gasteiger partial charge in [-0.2, -0.15) is 0 Å². The molecule has 0 aromatic heterocycles. The molecule has 1 aliphatic carbocycles. The van der Waals surface area contributed by atoms with Gasteiger partial charge >= 0.3 is 0 Å². The number of nitrogens with zero attached hydrogens (tertiary/aromatic N) is 1. The van der Waals surface area contributed by atoms with Gasteiger partial charge in [-0.1, -0.05) is 20.8 Å². The molecule has 1 aliphatic heterocycles. The fourth-order valence-corrected chi connectivity index (χ4v) is 3.72. The molecule has 2 unspecified atom stereocenters. The lowest BCUT2D eigenvalue weighted by atomic mass is 9.71. The van der Waals surface area contributed by atoms with E-state index in [1.807, 2.05) is 6.92 Å². The van der Waals surface area contributed by atoms with Crippen LogP contribution in [0, 0.1) is 11.3 Å². The molecule has 23 heavy (non-hydrogen) atoms. The van der Waals surface area contributed by atoms with Gasteiger partial charge in [-0.25, -0.2) is 0 Å². The topological polar surface area (TPSA) is 62.2 Å². The van der Waals surface area contributed by atoms with E-state index in [2.05, 4.69) is 20.8 Å². The molecule has 2 atom stereocenters. The van der Waals surface area contributed by atoms with Crippen LogP contribution in [0.4, 0.5) is 0 Å². The maximum absolute atomic E-state index is 10.5. The lowest BCUT2D eigenvalue weighted by Crippen LogP contribution is -2.44. The molecule has 0 aromatic rings. The van der Waals surface area contributed by atoms with Crippen LogP contribution in [0.5, 0.6) is 0 Å². The number of hydrogen-bond donors (Lipinski definition) is 2. The molecule has 2 rings (SSSR count). The number of rotatable bonds is 4. The summed E-state index contributed by atoms with van der Waals surface area (Å²) < 4.78 is 12.1. The van der Waals surface area contributed by atoms with Crippen LogP contribution in [-0.2, 0) is 9.47 Å². The van der Waals surface area contributed by atoms with E-state index in [0.717, 1.165) is 25.7 Å². The summed E-state index contributed by atoms with van der Waals surface area (Å²) in [5.74, 6) is 0.340. The summed E-state index contributed by atoms with van der Waals surface area (Å²) in [6, 6.07) is 0. The molecule has 0 bridgehead atoms. The van der Waals surface area contributed by atoms with Gasteiger partial charge < -0.3 is 24.6 Å². The quantitative estimate of drug-likeness (QED) is 0.612. The standard InChI is InChI=1S/C18H33NO4/c1-6-19(11-13(2)20)16(21)15-12-22-18(23-15)9-7-14(8-10-18)17(3,4)5/h11,14-16,20-21H,6-10,12H2,1-5H3/b13-11-. The zero-order valence-corrected chi connectivity index (χ0v) is 15.2. The summed E-state index contributed by atoms with van der Waals surface area (Å²) in [5, 5.41) is 19.9. The molecule has 5 nitrogen and oxygen atoms in total. The lowest BCUT2D eigenvalue weighted by Gasteiger charge is -2.41. The third-order valence-electron chi connectivity index (χ3n) is 5.24. The van der Waals surface area contributed by atoms with Crippen molar-refractivity contribution in [3.63, 3.8) is 0 Å². The summed E-state index contributed by atoms with van der Waals surface area (Å²) in [6.07, 6.45) is 4.34. The van der Waals surface area contributed by atoms with Crippen molar-refractivity contribution in [2.75, 3.05) is 13.2 Å². The number of likely N-dealkylation sites (N-methyl/N-ethyl adjacent to an activating group) is 1. The van der Waals surface area contributed by atoms with Gasteiger partial charge in [-0.3, -0.25) is 0 Å². The van der Waals surface area contributed by atoms with Crippen molar-refractivity contribution in [1.29, 1.82) is 0 Å². The molecular formula is C18H33NO4. The second-order valence-corrected chi connectivity index (χ2v) is 8.03. The Bertz CT molecular complexity index is 417. The average molecular weight is 327 g/mol. The SMILES string of the molecule is CCN(/C=C(/C)O)C(O)C1COC2(CCC(C(C)(C)C)CC2)O1. The molecule has 2 aliphatic rings. The highest BCUT2D eigenvalue weighted by molar-refractivity contribution is 4.93. The number of aliphatic hydroxyl groups excluding tert-OH is 2. The van der Waals surface area contributed by atoms with E-state index >= 15 is 0 Å². The Morgan fingerprint density at radius 3 is 2.43 bits per heavy atom. The van der Waals surface area contributed by atoms with Crippen LogP contribution in [0.1, 0.15) is 60.3 Å². The van der Waals surface area contributed by atoms with Crippen LogP contribution in [-0.4, -0.2) is 46.4 Å². The molecule has 134 valence electrons. The van der Waals surface area contributed by atoms with Gasteiger partial charge in [0.25, 0.3) is 0 Å². The summed E-state index contributed by atoms with van der Waals surface area (Å²) in [6.45, 7) is 11.4. The van der Waals surface area contributed by atoms with Gasteiger partial charge in [-0.15, -0.1) is 0 Å². The minimum atomic E-state index is -0.804.